The van der Waals surface area contributed by atoms with Gasteiger partial charge in [-0.05, 0) is 66.7 Å². The quantitative estimate of drug-likeness (QED) is 0.861. The van der Waals surface area contributed by atoms with E-state index in [0.29, 0.717) is 12.1 Å². The smallest absolute Gasteiger partial charge is 0.0777 e. The van der Waals surface area contributed by atoms with Gasteiger partial charge < -0.3 is 10.1 Å². The van der Waals surface area contributed by atoms with Crippen molar-refractivity contribution in [2.45, 2.75) is 51.7 Å². The maximum atomic E-state index is 5.97. The van der Waals surface area contributed by atoms with E-state index < -0.39 is 0 Å². The molecule has 2 nitrogen and oxygen atoms in total. The predicted molar refractivity (Wildman–Crippen MR) is 81.4 cm³/mol. The molecule has 1 aliphatic heterocycles. The van der Waals surface area contributed by atoms with Gasteiger partial charge in [-0.3, -0.25) is 0 Å². The topological polar surface area (TPSA) is 21.3 Å². The van der Waals surface area contributed by atoms with Crippen molar-refractivity contribution in [3.8, 4) is 0 Å². The molecule has 1 saturated heterocycles. The van der Waals surface area contributed by atoms with E-state index in [1.165, 1.54) is 33.5 Å². The molecule has 2 rings (SSSR count). The normalized spacial score (nSPS) is 22.1. The number of aryl methyl sites for hydroxylation is 1. The SMILES string of the molecule is CCCNC(c1cc(C)c(Br)s1)C1CCCCO1. The molecule has 1 aromatic heterocycles. The zero-order valence-electron chi connectivity index (χ0n) is 11.2. The van der Waals surface area contributed by atoms with Gasteiger partial charge in [0.15, 0.2) is 0 Å². The first-order valence-electron chi connectivity index (χ1n) is 6.83. The van der Waals surface area contributed by atoms with Gasteiger partial charge in [-0.1, -0.05) is 6.92 Å². The fraction of sp³-hybridized carbons (Fsp3) is 0.714. The largest absolute Gasteiger partial charge is 0.376 e. The third-order valence-corrected chi connectivity index (χ3v) is 5.60. The molecule has 1 fully saturated rings. The molecule has 0 radical (unpaired) electrons. The fourth-order valence-corrected chi connectivity index (χ4v) is 4.08. The fourth-order valence-electron chi connectivity index (χ4n) is 2.38. The van der Waals surface area contributed by atoms with Crippen LogP contribution < -0.4 is 5.32 Å². The highest BCUT2D eigenvalue weighted by Crippen LogP contribution is 2.35. The summed E-state index contributed by atoms with van der Waals surface area (Å²) in [6.07, 6.45) is 5.19. The Morgan fingerprint density at radius 2 is 2.39 bits per heavy atom. The lowest BCUT2D eigenvalue weighted by molar-refractivity contribution is -0.00741. The second kappa shape index (κ2) is 7.04. The van der Waals surface area contributed by atoms with Crippen LogP contribution in [0.4, 0.5) is 0 Å². The van der Waals surface area contributed by atoms with Gasteiger partial charge in [-0.15, -0.1) is 11.3 Å². The molecule has 0 bridgehead atoms. The van der Waals surface area contributed by atoms with Crippen LogP contribution in [0.1, 0.15) is 49.1 Å². The molecular formula is C14H22BrNOS. The van der Waals surface area contributed by atoms with Gasteiger partial charge in [0, 0.05) is 11.5 Å². The first kappa shape index (κ1) is 14.5. The minimum absolute atomic E-state index is 0.343. The van der Waals surface area contributed by atoms with Crippen LogP contribution in [-0.4, -0.2) is 19.3 Å². The zero-order valence-corrected chi connectivity index (χ0v) is 13.6. The maximum Gasteiger partial charge on any atom is 0.0777 e. The summed E-state index contributed by atoms with van der Waals surface area (Å²) < 4.78 is 7.22. The Morgan fingerprint density at radius 1 is 1.56 bits per heavy atom. The summed E-state index contributed by atoms with van der Waals surface area (Å²) in [6.45, 7) is 6.34. The van der Waals surface area contributed by atoms with Crippen molar-refractivity contribution in [3.63, 3.8) is 0 Å². The monoisotopic (exact) mass is 331 g/mol. The lowest BCUT2D eigenvalue weighted by Crippen LogP contribution is -2.35. The summed E-state index contributed by atoms with van der Waals surface area (Å²) in [5, 5.41) is 3.66. The number of ether oxygens (including phenoxy) is 1. The molecule has 1 aromatic rings. The van der Waals surface area contributed by atoms with E-state index in [-0.39, 0.29) is 0 Å². The minimum Gasteiger partial charge on any atom is -0.376 e. The summed E-state index contributed by atoms with van der Waals surface area (Å²) in [5.74, 6) is 0. The average molecular weight is 332 g/mol. The number of halogens is 1. The zero-order chi connectivity index (χ0) is 13.0. The van der Waals surface area contributed by atoms with Crippen LogP contribution in [0.5, 0.6) is 0 Å². The number of rotatable bonds is 5. The molecular weight excluding hydrogens is 310 g/mol. The molecule has 1 aliphatic rings. The van der Waals surface area contributed by atoms with Gasteiger partial charge in [0.25, 0.3) is 0 Å². The highest BCUT2D eigenvalue weighted by molar-refractivity contribution is 9.11. The van der Waals surface area contributed by atoms with E-state index in [1.807, 2.05) is 11.3 Å². The lowest BCUT2D eigenvalue weighted by atomic mass is 10.0. The second-order valence-electron chi connectivity index (χ2n) is 4.94. The first-order chi connectivity index (χ1) is 8.72. The summed E-state index contributed by atoms with van der Waals surface area (Å²) >= 11 is 5.47. The van der Waals surface area contributed by atoms with E-state index in [4.69, 9.17) is 4.74 Å². The van der Waals surface area contributed by atoms with Gasteiger partial charge in [-0.2, -0.15) is 0 Å². The van der Waals surface area contributed by atoms with Crippen molar-refractivity contribution >= 4 is 27.3 Å². The molecule has 4 heteroatoms. The lowest BCUT2D eigenvalue weighted by Gasteiger charge is -2.30. The first-order valence-corrected chi connectivity index (χ1v) is 8.44. The highest BCUT2D eigenvalue weighted by atomic mass is 79.9. The molecule has 0 amide bonds. The predicted octanol–water partition coefficient (Wildman–Crippen LogP) is 4.43. The molecule has 2 unspecified atom stereocenters. The van der Waals surface area contributed by atoms with E-state index in [1.54, 1.807) is 0 Å². The average Bonchev–Trinajstić information content (AvgIpc) is 2.71. The van der Waals surface area contributed by atoms with Crippen molar-refractivity contribution in [1.29, 1.82) is 0 Å². The number of hydrogen-bond donors (Lipinski definition) is 1. The molecule has 0 aliphatic carbocycles. The van der Waals surface area contributed by atoms with Crippen molar-refractivity contribution in [3.05, 3.63) is 20.3 Å². The van der Waals surface area contributed by atoms with Gasteiger partial charge in [0.2, 0.25) is 0 Å². The van der Waals surface area contributed by atoms with Gasteiger partial charge in [-0.25, -0.2) is 0 Å². The Balaban J connectivity index is 2.12. The highest BCUT2D eigenvalue weighted by Gasteiger charge is 2.27. The molecule has 2 atom stereocenters. The number of thiophene rings is 1. The van der Waals surface area contributed by atoms with Crippen LogP contribution >= 0.6 is 27.3 Å². The minimum atomic E-state index is 0.343. The molecule has 0 saturated carbocycles. The third kappa shape index (κ3) is 3.56. The van der Waals surface area contributed by atoms with Crippen LogP contribution in [0.25, 0.3) is 0 Å². The molecule has 0 aromatic carbocycles. The van der Waals surface area contributed by atoms with Gasteiger partial charge in [0.1, 0.15) is 0 Å². The van der Waals surface area contributed by atoms with Crippen molar-refractivity contribution in [2.24, 2.45) is 0 Å². The Labute approximate surface area is 122 Å². The maximum absolute atomic E-state index is 5.97. The standard InChI is InChI=1S/C14H22BrNOS/c1-3-7-16-13(11-6-4-5-8-17-11)12-9-10(2)14(15)18-12/h9,11,13,16H,3-8H2,1-2H3. The summed E-state index contributed by atoms with van der Waals surface area (Å²) in [7, 11) is 0. The van der Waals surface area contributed by atoms with Gasteiger partial charge >= 0.3 is 0 Å². The van der Waals surface area contributed by atoms with Crippen LogP contribution in [0.15, 0.2) is 9.85 Å². The van der Waals surface area contributed by atoms with Crippen LogP contribution in [0.3, 0.4) is 0 Å². The molecule has 0 spiro atoms. The van der Waals surface area contributed by atoms with Crippen molar-refractivity contribution in [1.82, 2.24) is 5.32 Å². The summed E-state index contributed by atoms with van der Waals surface area (Å²) in [6, 6.07) is 2.65. The Bertz CT molecular complexity index is 354. The van der Waals surface area contributed by atoms with E-state index in [2.05, 4.69) is 41.2 Å². The van der Waals surface area contributed by atoms with Crippen LogP contribution in [0, 0.1) is 6.92 Å². The number of hydrogen-bond acceptors (Lipinski definition) is 3. The van der Waals surface area contributed by atoms with Crippen LogP contribution in [-0.2, 0) is 4.74 Å². The number of nitrogens with one attached hydrogen (secondary N) is 1. The molecule has 2 heterocycles. The van der Waals surface area contributed by atoms with Crippen LogP contribution in [0.2, 0.25) is 0 Å². The Kier molecular flexibility index (Phi) is 5.67. The molecule has 102 valence electrons. The molecule has 18 heavy (non-hydrogen) atoms. The Hall–Kier alpha value is 0.1000. The van der Waals surface area contributed by atoms with E-state index in [9.17, 15) is 0 Å². The Morgan fingerprint density at radius 3 is 2.94 bits per heavy atom. The summed E-state index contributed by atoms with van der Waals surface area (Å²) in [5.41, 5.74) is 1.33. The summed E-state index contributed by atoms with van der Waals surface area (Å²) in [4.78, 5) is 1.40. The van der Waals surface area contributed by atoms with E-state index in [0.717, 1.165) is 19.6 Å². The molecule has 1 N–H and O–H groups in total. The van der Waals surface area contributed by atoms with Gasteiger partial charge in [0.05, 0.1) is 15.9 Å². The third-order valence-electron chi connectivity index (χ3n) is 3.38. The van der Waals surface area contributed by atoms with Crippen molar-refractivity contribution in [2.75, 3.05) is 13.2 Å². The second-order valence-corrected chi connectivity index (χ2v) is 7.34. The van der Waals surface area contributed by atoms with Crippen molar-refractivity contribution < 1.29 is 4.74 Å². The van der Waals surface area contributed by atoms with E-state index >= 15 is 0 Å².